The van der Waals surface area contributed by atoms with E-state index in [1.54, 1.807) is 11.3 Å². The molecule has 0 saturated heterocycles. The lowest BCUT2D eigenvalue weighted by atomic mass is 10.2. The van der Waals surface area contributed by atoms with E-state index >= 15 is 0 Å². The number of aromatic nitrogens is 2. The van der Waals surface area contributed by atoms with Gasteiger partial charge in [-0.2, -0.15) is 16.3 Å². The number of nitrogens with zero attached hydrogens (tertiary/aromatic N) is 2. The quantitative estimate of drug-likeness (QED) is 0.844. The largest absolute Gasteiger partial charge is 0.383 e. The first-order valence-corrected chi connectivity index (χ1v) is 5.91. The monoisotopic (exact) mass is 239 g/mol. The van der Waals surface area contributed by atoms with Gasteiger partial charge in [-0.25, -0.2) is 0 Å². The summed E-state index contributed by atoms with van der Waals surface area (Å²) in [7, 11) is 0. The Hall–Kier alpha value is -1.24. The second-order valence-electron chi connectivity index (χ2n) is 3.52. The first-order valence-electron chi connectivity index (χ1n) is 4.97. The standard InChI is InChI=1S/C10H13N3O2S/c1-6-4-16-5-7(6)9-12-10(15-13-9)8(14)2-3-11/h4-5,8,14H,2-3,11H2,1H3/t8-/m0/s1. The fourth-order valence-electron chi connectivity index (χ4n) is 1.35. The van der Waals surface area contributed by atoms with Crippen molar-refractivity contribution in [3.63, 3.8) is 0 Å². The van der Waals surface area contributed by atoms with E-state index in [-0.39, 0.29) is 5.89 Å². The third-order valence-electron chi connectivity index (χ3n) is 2.26. The molecule has 3 N–H and O–H groups in total. The molecule has 0 aliphatic rings. The number of nitrogens with two attached hydrogens (primary N) is 1. The van der Waals surface area contributed by atoms with Crippen LogP contribution in [-0.2, 0) is 0 Å². The fraction of sp³-hybridized carbons (Fsp3) is 0.400. The van der Waals surface area contributed by atoms with Gasteiger partial charge in [-0.05, 0) is 30.8 Å². The van der Waals surface area contributed by atoms with E-state index in [0.29, 0.717) is 18.8 Å². The van der Waals surface area contributed by atoms with Crippen molar-refractivity contribution in [3.05, 3.63) is 22.2 Å². The molecule has 16 heavy (non-hydrogen) atoms. The molecule has 0 fully saturated rings. The van der Waals surface area contributed by atoms with Crippen LogP contribution in [-0.4, -0.2) is 21.8 Å². The average Bonchev–Trinajstić information content (AvgIpc) is 2.86. The van der Waals surface area contributed by atoms with Gasteiger partial charge in [0.1, 0.15) is 6.10 Å². The molecule has 1 atom stereocenters. The summed E-state index contributed by atoms with van der Waals surface area (Å²) in [5, 5.41) is 17.4. The Morgan fingerprint density at radius 2 is 2.38 bits per heavy atom. The highest BCUT2D eigenvalue weighted by molar-refractivity contribution is 7.08. The molecule has 5 nitrogen and oxygen atoms in total. The Labute approximate surface area is 96.9 Å². The van der Waals surface area contributed by atoms with E-state index in [0.717, 1.165) is 11.1 Å². The zero-order valence-corrected chi connectivity index (χ0v) is 9.70. The Morgan fingerprint density at radius 1 is 1.56 bits per heavy atom. The topological polar surface area (TPSA) is 85.2 Å². The molecule has 2 rings (SSSR count). The summed E-state index contributed by atoms with van der Waals surface area (Å²) in [6, 6.07) is 0. The number of hydrogen-bond donors (Lipinski definition) is 2. The van der Waals surface area contributed by atoms with Crippen LogP contribution in [0.15, 0.2) is 15.3 Å². The van der Waals surface area contributed by atoms with Crippen LogP contribution in [0.3, 0.4) is 0 Å². The first-order chi connectivity index (χ1) is 7.72. The van der Waals surface area contributed by atoms with E-state index in [1.165, 1.54) is 0 Å². The molecule has 6 heteroatoms. The van der Waals surface area contributed by atoms with Crippen LogP contribution in [0.2, 0.25) is 0 Å². The molecule has 0 aromatic carbocycles. The van der Waals surface area contributed by atoms with Crippen molar-refractivity contribution in [3.8, 4) is 11.4 Å². The number of rotatable bonds is 4. The number of aliphatic hydroxyl groups is 1. The molecule has 0 aliphatic heterocycles. The van der Waals surface area contributed by atoms with Gasteiger partial charge < -0.3 is 15.4 Å². The maximum absolute atomic E-state index is 9.63. The van der Waals surface area contributed by atoms with Gasteiger partial charge in [0.2, 0.25) is 5.82 Å². The van der Waals surface area contributed by atoms with Gasteiger partial charge in [-0.1, -0.05) is 5.16 Å². The van der Waals surface area contributed by atoms with Gasteiger partial charge >= 0.3 is 0 Å². The van der Waals surface area contributed by atoms with Crippen LogP contribution in [0.25, 0.3) is 11.4 Å². The molecule has 0 aliphatic carbocycles. The van der Waals surface area contributed by atoms with Crippen molar-refractivity contribution >= 4 is 11.3 Å². The van der Waals surface area contributed by atoms with Crippen LogP contribution >= 0.6 is 11.3 Å². The second kappa shape index (κ2) is 4.73. The third-order valence-corrected chi connectivity index (χ3v) is 3.12. The fourth-order valence-corrected chi connectivity index (χ4v) is 2.18. The predicted octanol–water partition coefficient (Wildman–Crippen LogP) is 1.49. The minimum Gasteiger partial charge on any atom is -0.383 e. The Morgan fingerprint density at radius 3 is 3.00 bits per heavy atom. The van der Waals surface area contributed by atoms with Crippen LogP contribution in [0.1, 0.15) is 24.0 Å². The van der Waals surface area contributed by atoms with Gasteiger partial charge in [0.05, 0.1) is 0 Å². The van der Waals surface area contributed by atoms with Gasteiger partial charge in [0.15, 0.2) is 0 Å². The van der Waals surface area contributed by atoms with Crippen LogP contribution in [0.4, 0.5) is 0 Å². The molecule has 2 aromatic heterocycles. The zero-order valence-electron chi connectivity index (χ0n) is 8.88. The van der Waals surface area contributed by atoms with Gasteiger partial charge in [0.25, 0.3) is 5.89 Å². The van der Waals surface area contributed by atoms with Gasteiger partial charge in [-0.15, -0.1) is 0 Å². The minimum atomic E-state index is -0.773. The average molecular weight is 239 g/mol. The number of aryl methyl sites for hydroxylation is 1. The second-order valence-corrected chi connectivity index (χ2v) is 4.26. The summed E-state index contributed by atoms with van der Waals surface area (Å²) in [5.41, 5.74) is 7.39. The van der Waals surface area contributed by atoms with Crippen LogP contribution in [0.5, 0.6) is 0 Å². The highest BCUT2D eigenvalue weighted by atomic mass is 32.1. The van der Waals surface area contributed by atoms with E-state index < -0.39 is 6.10 Å². The maximum atomic E-state index is 9.63. The highest BCUT2D eigenvalue weighted by Gasteiger charge is 2.17. The lowest BCUT2D eigenvalue weighted by molar-refractivity contribution is 0.127. The number of thiophene rings is 1. The predicted molar refractivity (Wildman–Crippen MR) is 61.0 cm³/mol. The molecule has 2 heterocycles. The first kappa shape index (κ1) is 11.3. The smallest absolute Gasteiger partial charge is 0.255 e. The molecule has 0 spiro atoms. The number of hydrogen-bond acceptors (Lipinski definition) is 6. The molecule has 0 radical (unpaired) electrons. The van der Waals surface area contributed by atoms with E-state index in [9.17, 15) is 5.11 Å². The molecule has 0 saturated carbocycles. The van der Waals surface area contributed by atoms with Crippen molar-refractivity contribution in [1.82, 2.24) is 10.1 Å². The molecule has 0 bridgehead atoms. The molecular formula is C10H13N3O2S. The van der Waals surface area contributed by atoms with Gasteiger partial charge in [-0.3, -0.25) is 0 Å². The van der Waals surface area contributed by atoms with Crippen molar-refractivity contribution in [2.45, 2.75) is 19.4 Å². The van der Waals surface area contributed by atoms with E-state index in [2.05, 4.69) is 10.1 Å². The summed E-state index contributed by atoms with van der Waals surface area (Å²) in [5.74, 6) is 0.746. The summed E-state index contributed by atoms with van der Waals surface area (Å²) < 4.78 is 5.00. The molecule has 0 amide bonds. The zero-order chi connectivity index (χ0) is 11.5. The normalized spacial score (nSPS) is 12.9. The maximum Gasteiger partial charge on any atom is 0.255 e. The molecule has 86 valence electrons. The molecule has 2 aromatic rings. The number of aliphatic hydroxyl groups excluding tert-OH is 1. The highest BCUT2D eigenvalue weighted by Crippen LogP contribution is 2.25. The lowest BCUT2D eigenvalue weighted by Gasteiger charge is -2.00. The van der Waals surface area contributed by atoms with Crippen LogP contribution in [0, 0.1) is 6.92 Å². The Kier molecular flexibility index (Phi) is 3.33. The third kappa shape index (κ3) is 2.13. The summed E-state index contributed by atoms with van der Waals surface area (Å²) >= 11 is 1.58. The van der Waals surface area contributed by atoms with Crippen LogP contribution < -0.4 is 5.73 Å². The Balaban J connectivity index is 2.23. The van der Waals surface area contributed by atoms with E-state index in [1.807, 2.05) is 17.7 Å². The summed E-state index contributed by atoms with van der Waals surface area (Å²) in [6.45, 7) is 2.37. The van der Waals surface area contributed by atoms with Crippen molar-refractivity contribution in [2.24, 2.45) is 5.73 Å². The van der Waals surface area contributed by atoms with Gasteiger partial charge in [0, 0.05) is 10.9 Å². The molecule has 0 unspecified atom stereocenters. The lowest BCUT2D eigenvalue weighted by Crippen LogP contribution is -2.06. The van der Waals surface area contributed by atoms with Crippen molar-refractivity contribution < 1.29 is 9.63 Å². The minimum absolute atomic E-state index is 0.228. The molecular weight excluding hydrogens is 226 g/mol. The van der Waals surface area contributed by atoms with Crippen molar-refractivity contribution in [2.75, 3.05) is 6.54 Å². The SMILES string of the molecule is Cc1cscc1-c1noc([C@@H](O)CCN)n1. The van der Waals surface area contributed by atoms with E-state index in [4.69, 9.17) is 10.3 Å². The summed E-state index contributed by atoms with van der Waals surface area (Å²) in [6.07, 6.45) is -0.352. The Bertz CT molecular complexity index is 466. The summed E-state index contributed by atoms with van der Waals surface area (Å²) in [4.78, 5) is 4.16. The van der Waals surface area contributed by atoms with Crippen molar-refractivity contribution in [1.29, 1.82) is 0 Å².